The van der Waals surface area contributed by atoms with Gasteiger partial charge in [0.1, 0.15) is 6.04 Å². The van der Waals surface area contributed by atoms with Crippen LogP contribution in [0.3, 0.4) is 0 Å². The molecule has 7 heteroatoms. The quantitative estimate of drug-likeness (QED) is 0.636. The molecule has 1 aliphatic heterocycles. The lowest BCUT2D eigenvalue weighted by atomic mass is 10.1. The number of carbonyl (C=O) groups excluding carboxylic acids is 3. The lowest BCUT2D eigenvalue weighted by molar-refractivity contribution is -0.145. The van der Waals surface area contributed by atoms with Crippen molar-refractivity contribution in [3.05, 3.63) is 0 Å². The van der Waals surface area contributed by atoms with Crippen LogP contribution in [0.2, 0.25) is 0 Å². The minimum absolute atomic E-state index is 0.0443. The van der Waals surface area contributed by atoms with Crippen molar-refractivity contribution in [3.63, 3.8) is 0 Å². The van der Waals surface area contributed by atoms with Gasteiger partial charge >= 0.3 is 5.97 Å². The van der Waals surface area contributed by atoms with Crippen LogP contribution >= 0.6 is 11.8 Å². The fraction of sp³-hybridized carbons (Fsp3) is 0.769. The molecule has 0 bridgehead atoms. The summed E-state index contributed by atoms with van der Waals surface area (Å²) in [4.78, 5) is 34.4. The van der Waals surface area contributed by atoms with Crippen molar-refractivity contribution in [1.82, 2.24) is 10.6 Å². The van der Waals surface area contributed by atoms with Gasteiger partial charge in [0.2, 0.25) is 11.8 Å². The van der Waals surface area contributed by atoms with E-state index < -0.39 is 12.0 Å². The molecule has 2 N–H and O–H groups in total. The number of amides is 2. The summed E-state index contributed by atoms with van der Waals surface area (Å²) in [6, 6.07) is -0.505. The summed E-state index contributed by atoms with van der Waals surface area (Å²) in [6.07, 6.45) is 4.72. The molecule has 0 aromatic carbocycles. The average molecular weight is 302 g/mol. The van der Waals surface area contributed by atoms with E-state index in [1.807, 2.05) is 6.26 Å². The van der Waals surface area contributed by atoms with Gasteiger partial charge in [-0.2, -0.15) is 11.8 Å². The first-order chi connectivity index (χ1) is 9.56. The number of methoxy groups -OCH3 is 1. The van der Waals surface area contributed by atoms with Gasteiger partial charge in [-0.25, -0.2) is 4.79 Å². The second-order valence-electron chi connectivity index (χ2n) is 4.77. The molecule has 1 heterocycles. The SMILES string of the molecule is COC(=O)[C@H](CCSC)NC(=O)CCC1CCC(=O)N1. The molecular formula is C13H22N2O4S. The van der Waals surface area contributed by atoms with Crippen LogP contribution in [-0.2, 0) is 19.1 Å². The highest BCUT2D eigenvalue weighted by Crippen LogP contribution is 2.12. The molecule has 0 aliphatic carbocycles. The topological polar surface area (TPSA) is 84.5 Å². The van der Waals surface area contributed by atoms with E-state index in [9.17, 15) is 14.4 Å². The minimum atomic E-state index is -0.585. The molecule has 1 unspecified atom stereocenters. The number of thioether (sulfide) groups is 1. The molecule has 1 rings (SSSR count). The maximum Gasteiger partial charge on any atom is 0.328 e. The summed E-state index contributed by atoms with van der Waals surface area (Å²) < 4.78 is 4.68. The molecule has 0 spiro atoms. The third-order valence-corrected chi connectivity index (χ3v) is 3.88. The zero-order valence-electron chi connectivity index (χ0n) is 11.9. The molecule has 20 heavy (non-hydrogen) atoms. The fourth-order valence-corrected chi connectivity index (χ4v) is 2.56. The first-order valence-corrected chi connectivity index (χ1v) is 8.11. The summed E-state index contributed by atoms with van der Waals surface area (Å²) in [5.41, 5.74) is 0. The van der Waals surface area contributed by atoms with Gasteiger partial charge in [-0.3, -0.25) is 9.59 Å². The van der Waals surface area contributed by atoms with Gasteiger partial charge in [0.05, 0.1) is 7.11 Å². The van der Waals surface area contributed by atoms with Gasteiger partial charge < -0.3 is 15.4 Å². The summed E-state index contributed by atoms with van der Waals surface area (Å²) in [6.45, 7) is 0. The van der Waals surface area contributed by atoms with Crippen molar-refractivity contribution in [1.29, 1.82) is 0 Å². The normalized spacial score (nSPS) is 19.3. The molecule has 1 aliphatic rings. The molecule has 1 saturated heterocycles. The van der Waals surface area contributed by atoms with E-state index in [2.05, 4.69) is 15.4 Å². The number of rotatable bonds is 8. The Bertz CT molecular complexity index is 362. The zero-order chi connectivity index (χ0) is 15.0. The van der Waals surface area contributed by atoms with Crippen LogP contribution < -0.4 is 10.6 Å². The summed E-state index contributed by atoms with van der Waals surface area (Å²) in [5, 5.41) is 5.52. The van der Waals surface area contributed by atoms with E-state index in [1.54, 1.807) is 11.8 Å². The molecule has 0 aromatic heterocycles. The van der Waals surface area contributed by atoms with Crippen molar-refractivity contribution >= 4 is 29.5 Å². The Kier molecular flexibility index (Phi) is 7.43. The number of nitrogens with one attached hydrogen (secondary N) is 2. The van der Waals surface area contributed by atoms with Gasteiger partial charge in [0, 0.05) is 18.9 Å². The second-order valence-corrected chi connectivity index (χ2v) is 5.75. The first kappa shape index (κ1) is 16.8. The predicted octanol–water partition coefficient (Wildman–Crippen LogP) is 0.456. The van der Waals surface area contributed by atoms with E-state index in [0.717, 1.165) is 12.2 Å². The molecule has 0 saturated carbocycles. The van der Waals surface area contributed by atoms with Crippen molar-refractivity contribution in [3.8, 4) is 0 Å². The van der Waals surface area contributed by atoms with Crippen LogP contribution in [0.4, 0.5) is 0 Å². The van der Waals surface area contributed by atoms with Crippen molar-refractivity contribution in [2.75, 3.05) is 19.1 Å². The summed E-state index contributed by atoms with van der Waals surface area (Å²) >= 11 is 1.61. The van der Waals surface area contributed by atoms with E-state index in [1.165, 1.54) is 7.11 Å². The Labute approximate surface area is 123 Å². The summed E-state index contributed by atoms with van der Waals surface area (Å²) in [7, 11) is 1.31. The van der Waals surface area contributed by atoms with Gasteiger partial charge in [0.25, 0.3) is 0 Å². The molecule has 114 valence electrons. The summed E-state index contributed by atoms with van der Waals surface area (Å²) in [5.74, 6) is 0.227. The van der Waals surface area contributed by atoms with Crippen LogP contribution in [0, 0.1) is 0 Å². The number of esters is 1. The molecule has 6 nitrogen and oxygen atoms in total. The van der Waals surface area contributed by atoms with E-state index in [0.29, 0.717) is 25.7 Å². The fourth-order valence-electron chi connectivity index (χ4n) is 2.09. The van der Waals surface area contributed by atoms with Gasteiger partial charge in [-0.1, -0.05) is 0 Å². The van der Waals surface area contributed by atoms with Crippen molar-refractivity contribution in [2.24, 2.45) is 0 Å². The van der Waals surface area contributed by atoms with E-state index >= 15 is 0 Å². The lowest BCUT2D eigenvalue weighted by Gasteiger charge is -2.16. The Balaban J connectivity index is 2.33. The Morgan fingerprint density at radius 2 is 2.30 bits per heavy atom. The van der Waals surface area contributed by atoms with Crippen LogP contribution in [0.15, 0.2) is 0 Å². The smallest absolute Gasteiger partial charge is 0.328 e. The number of hydrogen-bond donors (Lipinski definition) is 2. The maximum atomic E-state index is 11.8. The van der Waals surface area contributed by atoms with Gasteiger partial charge in [-0.15, -0.1) is 0 Å². The largest absolute Gasteiger partial charge is 0.467 e. The molecule has 2 amide bonds. The van der Waals surface area contributed by atoms with Gasteiger partial charge in [-0.05, 0) is 31.3 Å². The predicted molar refractivity (Wildman–Crippen MR) is 77.3 cm³/mol. The van der Waals surface area contributed by atoms with Gasteiger partial charge in [0.15, 0.2) is 0 Å². The maximum absolute atomic E-state index is 11.8. The highest BCUT2D eigenvalue weighted by Gasteiger charge is 2.24. The average Bonchev–Trinajstić information content (AvgIpc) is 2.86. The van der Waals surface area contributed by atoms with Crippen LogP contribution in [-0.4, -0.2) is 49.0 Å². The first-order valence-electron chi connectivity index (χ1n) is 6.72. The van der Waals surface area contributed by atoms with E-state index in [4.69, 9.17) is 0 Å². The van der Waals surface area contributed by atoms with E-state index in [-0.39, 0.29) is 17.9 Å². The molecule has 2 atom stereocenters. The van der Waals surface area contributed by atoms with Crippen LogP contribution in [0.1, 0.15) is 32.1 Å². The van der Waals surface area contributed by atoms with Crippen molar-refractivity contribution in [2.45, 2.75) is 44.2 Å². The molecular weight excluding hydrogens is 280 g/mol. The third-order valence-electron chi connectivity index (χ3n) is 3.24. The highest BCUT2D eigenvalue weighted by molar-refractivity contribution is 7.98. The standard InChI is InChI=1S/C13H22N2O4S/c1-19-13(18)10(7-8-20-2)15-12(17)6-4-9-3-5-11(16)14-9/h9-10H,3-8H2,1-2H3,(H,14,16)(H,15,17)/t9?,10-/m0/s1. The number of ether oxygens (including phenoxy) is 1. The monoisotopic (exact) mass is 302 g/mol. The Hall–Kier alpha value is -1.24. The number of carbonyl (C=O) groups is 3. The number of hydrogen-bond acceptors (Lipinski definition) is 5. The second kappa shape index (κ2) is 8.84. The highest BCUT2D eigenvalue weighted by atomic mass is 32.2. The van der Waals surface area contributed by atoms with Crippen LogP contribution in [0.25, 0.3) is 0 Å². The molecule has 0 radical (unpaired) electrons. The third kappa shape index (κ3) is 5.81. The minimum Gasteiger partial charge on any atom is -0.467 e. The molecule has 1 fully saturated rings. The van der Waals surface area contributed by atoms with Crippen molar-refractivity contribution < 1.29 is 19.1 Å². The molecule has 0 aromatic rings. The Morgan fingerprint density at radius 1 is 1.55 bits per heavy atom. The lowest BCUT2D eigenvalue weighted by Crippen LogP contribution is -2.42. The zero-order valence-corrected chi connectivity index (χ0v) is 12.8. The van der Waals surface area contributed by atoms with Crippen LogP contribution in [0.5, 0.6) is 0 Å². The Morgan fingerprint density at radius 3 is 2.85 bits per heavy atom.